The van der Waals surface area contributed by atoms with Gasteiger partial charge < -0.3 is 10.2 Å². The molecular weight excluding hydrogens is 318 g/mol. The molecule has 2 aromatic heterocycles. The van der Waals surface area contributed by atoms with Crippen LogP contribution in [0.15, 0.2) is 48.2 Å². The van der Waals surface area contributed by atoms with E-state index in [9.17, 15) is 0 Å². The number of hydrogen-bond acceptors (Lipinski definition) is 6. The summed E-state index contributed by atoms with van der Waals surface area (Å²) < 4.78 is 0. The second-order valence-electron chi connectivity index (χ2n) is 5.99. The van der Waals surface area contributed by atoms with E-state index >= 15 is 0 Å². The molecule has 0 bridgehead atoms. The quantitative estimate of drug-likeness (QED) is 0.768. The smallest absolute Gasteiger partial charge is 0.188 e. The van der Waals surface area contributed by atoms with Crippen LogP contribution in [0.4, 0.5) is 16.8 Å². The Bertz CT molecular complexity index is 801. The SMILES string of the molecule is Cc1ccc(C2CCCN2c2cncc(Nc3nccs3)n2)cc1. The number of rotatable bonds is 4. The van der Waals surface area contributed by atoms with Crippen molar-refractivity contribution in [3.8, 4) is 0 Å². The van der Waals surface area contributed by atoms with E-state index in [1.165, 1.54) is 17.5 Å². The van der Waals surface area contributed by atoms with E-state index in [0.29, 0.717) is 6.04 Å². The molecule has 6 heteroatoms. The Morgan fingerprint density at radius 1 is 1.21 bits per heavy atom. The first-order valence-corrected chi connectivity index (χ1v) is 8.99. The molecule has 24 heavy (non-hydrogen) atoms. The van der Waals surface area contributed by atoms with Crippen LogP contribution in [0.2, 0.25) is 0 Å². The van der Waals surface area contributed by atoms with Gasteiger partial charge in [-0.15, -0.1) is 11.3 Å². The first-order valence-electron chi connectivity index (χ1n) is 8.11. The third-order valence-electron chi connectivity index (χ3n) is 4.30. The largest absolute Gasteiger partial charge is 0.348 e. The van der Waals surface area contributed by atoms with E-state index < -0.39 is 0 Å². The molecule has 1 aromatic carbocycles. The molecule has 0 saturated carbocycles. The molecule has 1 saturated heterocycles. The molecule has 0 amide bonds. The Hall–Kier alpha value is -2.47. The van der Waals surface area contributed by atoms with Crippen LogP contribution >= 0.6 is 11.3 Å². The van der Waals surface area contributed by atoms with Gasteiger partial charge >= 0.3 is 0 Å². The Morgan fingerprint density at radius 3 is 2.88 bits per heavy atom. The van der Waals surface area contributed by atoms with Crippen LogP contribution in [-0.2, 0) is 0 Å². The molecule has 1 N–H and O–H groups in total. The number of hydrogen-bond donors (Lipinski definition) is 1. The van der Waals surface area contributed by atoms with Crippen LogP contribution < -0.4 is 10.2 Å². The fourth-order valence-corrected chi connectivity index (χ4v) is 3.66. The van der Waals surface area contributed by atoms with E-state index in [-0.39, 0.29) is 0 Å². The van der Waals surface area contributed by atoms with Gasteiger partial charge in [0.25, 0.3) is 0 Å². The van der Waals surface area contributed by atoms with Gasteiger partial charge in [-0.3, -0.25) is 4.98 Å². The minimum absolute atomic E-state index is 0.370. The predicted octanol–water partition coefficient (Wildman–Crippen LogP) is 4.33. The fraction of sp³-hybridized carbons (Fsp3) is 0.278. The van der Waals surface area contributed by atoms with Crippen LogP contribution in [0.5, 0.6) is 0 Å². The van der Waals surface area contributed by atoms with E-state index in [2.05, 4.69) is 51.4 Å². The molecule has 3 heterocycles. The maximum Gasteiger partial charge on any atom is 0.188 e. The molecule has 4 rings (SSSR count). The van der Waals surface area contributed by atoms with Gasteiger partial charge in [0, 0.05) is 18.1 Å². The maximum atomic E-state index is 4.74. The number of thiazole rings is 1. The Labute approximate surface area is 145 Å². The standard InChI is InChI=1S/C18H19N5S/c1-13-4-6-14(7-5-13)15-3-2-9-23(15)17-12-19-11-16(21-17)22-18-20-8-10-24-18/h4-8,10-12,15H,2-3,9H2,1H3,(H,20,21,22). The molecule has 1 atom stereocenters. The van der Waals surface area contributed by atoms with Gasteiger partial charge in [0.2, 0.25) is 0 Å². The first kappa shape index (κ1) is 15.1. The van der Waals surface area contributed by atoms with Crippen molar-refractivity contribution < 1.29 is 0 Å². The van der Waals surface area contributed by atoms with Crippen molar-refractivity contribution in [1.29, 1.82) is 0 Å². The van der Waals surface area contributed by atoms with Gasteiger partial charge in [0.1, 0.15) is 5.82 Å². The Balaban J connectivity index is 1.59. The summed E-state index contributed by atoms with van der Waals surface area (Å²) in [4.78, 5) is 15.7. The van der Waals surface area contributed by atoms with Crippen LogP contribution in [-0.4, -0.2) is 21.5 Å². The number of benzene rings is 1. The van der Waals surface area contributed by atoms with Crippen LogP contribution in [0.3, 0.4) is 0 Å². The molecule has 0 radical (unpaired) electrons. The van der Waals surface area contributed by atoms with Crippen molar-refractivity contribution in [2.24, 2.45) is 0 Å². The van der Waals surface area contributed by atoms with Gasteiger partial charge in [-0.1, -0.05) is 29.8 Å². The van der Waals surface area contributed by atoms with Gasteiger partial charge in [-0.05, 0) is 25.3 Å². The lowest BCUT2D eigenvalue weighted by molar-refractivity contribution is 0.710. The molecule has 1 unspecified atom stereocenters. The molecule has 1 aliphatic heterocycles. The highest BCUT2D eigenvalue weighted by Gasteiger charge is 2.27. The minimum Gasteiger partial charge on any atom is -0.348 e. The summed E-state index contributed by atoms with van der Waals surface area (Å²) in [5, 5.41) is 5.99. The lowest BCUT2D eigenvalue weighted by atomic mass is 10.0. The number of anilines is 3. The highest BCUT2D eigenvalue weighted by Crippen LogP contribution is 2.35. The summed E-state index contributed by atoms with van der Waals surface area (Å²) in [6.45, 7) is 3.13. The van der Waals surface area contributed by atoms with Crippen molar-refractivity contribution >= 4 is 28.1 Å². The molecule has 122 valence electrons. The predicted molar refractivity (Wildman–Crippen MR) is 97.9 cm³/mol. The summed E-state index contributed by atoms with van der Waals surface area (Å²) in [7, 11) is 0. The molecule has 0 spiro atoms. The zero-order valence-corrected chi connectivity index (χ0v) is 14.3. The normalized spacial score (nSPS) is 17.2. The van der Waals surface area contributed by atoms with Crippen LogP contribution in [0.25, 0.3) is 0 Å². The number of aromatic nitrogens is 3. The molecule has 5 nitrogen and oxygen atoms in total. The lowest BCUT2D eigenvalue weighted by Crippen LogP contribution is -2.23. The average molecular weight is 337 g/mol. The van der Waals surface area contributed by atoms with Gasteiger partial charge in [-0.25, -0.2) is 9.97 Å². The van der Waals surface area contributed by atoms with Crippen molar-refractivity contribution in [3.63, 3.8) is 0 Å². The van der Waals surface area contributed by atoms with E-state index in [0.717, 1.165) is 29.7 Å². The van der Waals surface area contributed by atoms with E-state index in [4.69, 9.17) is 4.98 Å². The minimum atomic E-state index is 0.370. The topological polar surface area (TPSA) is 53.9 Å². The van der Waals surface area contributed by atoms with Crippen molar-refractivity contribution in [2.75, 3.05) is 16.8 Å². The summed E-state index contributed by atoms with van der Waals surface area (Å²) in [5.41, 5.74) is 2.64. The number of nitrogens with zero attached hydrogens (tertiary/aromatic N) is 4. The highest BCUT2D eigenvalue weighted by molar-refractivity contribution is 7.13. The monoisotopic (exact) mass is 337 g/mol. The lowest BCUT2D eigenvalue weighted by Gasteiger charge is -2.26. The van der Waals surface area contributed by atoms with Crippen molar-refractivity contribution in [2.45, 2.75) is 25.8 Å². The van der Waals surface area contributed by atoms with Crippen molar-refractivity contribution in [1.82, 2.24) is 15.0 Å². The zero-order valence-electron chi connectivity index (χ0n) is 13.5. The molecule has 1 aliphatic rings. The van der Waals surface area contributed by atoms with Gasteiger partial charge in [-0.2, -0.15) is 0 Å². The molecule has 1 fully saturated rings. The molecule has 3 aromatic rings. The summed E-state index contributed by atoms with van der Waals surface area (Å²) >= 11 is 1.55. The molecular formula is C18H19N5S. The second kappa shape index (κ2) is 6.57. The van der Waals surface area contributed by atoms with Crippen molar-refractivity contribution in [3.05, 3.63) is 59.4 Å². The average Bonchev–Trinajstić information content (AvgIpc) is 3.27. The molecule has 0 aliphatic carbocycles. The summed E-state index contributed by atoms with van der Waals surface area (Å²) in [6.07, 6.45) is 7.68. The van der Waals surface area contributed by atoms with Crippen LogP contribution in [0, 0.1) is 6.92 Å². The maximum absolute atomic E-state index is 4.74. The third-order valence-corrected chi connectivity index (χ3v) is 4.99. The Kier molecular flexibility index (Phi) is 4.13. The number of aryl methyl sites for hydroxylation is 1. The zero-order chi connectivity index (χ0) is 16.4. The Morgan fingerprint density at radius 2 is 2.08 bits per heavy atom. The summed E-state index contributed by atoms with van der Waals surface area (Å²) in [6, 6.07) is 9.18. The highest BCUT2D eigenvalue weighted by atomic mass is 32.1. The summed E-state index contributed by atoms with van der Waals surface area (Å²) in [5.74, 6) is 1.65. The second-order valence-corrected chi connectivity index (χ2v) is 6.88. The first-order chi connectivity index (χ1) is 11.8. The number of nitrogens with one attached hydrogen (secondary N) is 1. The van der Waals surface area contributed by atoms with Crippen LogP contribution in [0.1, 0.15) is 30.0 Å². The van der Waals surface area contributed by atoms with Gasteiger partial charge in [0.15, 0.2) is 10.9 Å². The third kappa shape index (κ3) is 3.10. The van der Waals surface area contributed by atoms with E-state index in [1.54, 1.807) is 23.7 Å². The van der Waals surface area contributed by atoms with Gasteiger partial charge in [0.05, 0.1) is 18.4 Å². The fourth-order valence-electron chi connectivity index (χ4n) is 3.13. The van der Waals surface area contributed by atoms with E-state index in [1.807, 2.05) is 11.6 Å².